The summed E-state index contributed by atoms with van der Waals surface area (Å²) in [7, 11) is 0. The van der Waals surface area contributed by atoms with Crippen molar-refractivity contribution >= 4 is 17.7 Å². The average Bonchev–Trinajstić information content (AvgIpc) is 2.45. The lowest BCUT2D eigenvalue weighted by molar-refractivity contribution is 0.0686. The maximum absolute atomic E-state index is 12.5. The molecule has 0 atom stereocenters. The van der Waals surface area contributed by atoms with E-state index >= 15 is 0 Å². The number of rotatable bonds is 4. The first-order chi connectivity index (χ1) is 10.7. The van der Waals surface area contributed by atoms with Crippen LogP contribution in [0.3, 0.4) is 0 Å². The summed E-state index contributed by atoms with van der Waals surface area (Å²) >= 11 is 0. The lowest BCUT2D eigenvalue weighted by Gasteiger charge is -2.11. The zero-order chi connectivity index (χ0) is 17.3. The van der Waals surface area contributed by atoms with Crippen LogP contribution in [0, 0.1) is 0 Å². The Hall–Kier alpha value is -3.55. The molecule has 8 heteroatoms. The highest BCUT2D eigenvalue weighted by Gasteiger charge is 2.28. The van der Waals surface area contributed by atoms with Gasteiger partial charge in [-0.05, 0) is 18.2 Å². The molecule has 0 aliphatic rings. The molecule has 0 aromatic heterocycles. The normalized spacial score (nSPS) is 10.3. The van der Waals surface area contributed by atoms with Crippen LogP contribution in [0.1, 0.15) is 36.6 Å². The van der Waals surface area contributed by atoms with Crippen molar-refractivity contribution < 1.29 is 39.9 Å². The van der Waals surface area contributed by atoms with Crippen LogP contribution in [0.4, 0.5) is 0 Å². The molecule has 2 rings (SSSR count). The minimum atomic E-state index is -1.62. The molecule has 0 bridgehead atoms. The molecule has 8 nitrogen and oxygen atoms in total. The third-order valence-corrected chi connectivity index (χ3v) is 3.06. The second kappa shape index (κ2) is 5.68. The van der Waals surface area contributed by atoms with Gasteiger partial charge in [0.2, 0.25) is 5.78 Å². The summed E-state index contributed by atoms with van der Waals surface area (Å²) in [6, 6.07) is 4.77. The molecule has 2 aromatic carbocycles. The molecule has 0 amide bonds. The lowest BCUT2D eigenvalue weighted by Crippen LogP contribution is -2.14. The Bertz CT molecular complexity index is 838. The number of hydrogen-bond donors (Lipinski definition) is 5. The van der Waals surface area contributed by atoms with Gasteiger partial charge in [-0.3, -0.25) is 4.79 Å². The third-order valence-electron chi connectivity index (χ3n) is 3.06. The summed E-state index contributed by atoms with van der Waals surface area (Å²) < 4.78 is 0. The second-order valence-electron chi connectivity index (χ2n) is 4.53. The van der Waals surface area contributed by atoms with Gasteiger partial charge < -0.3 is 25.5 Å². The number of carboxylic acid groups (broad SMARTS) is 2. The van der Waals surface area contributed by atoms with Crippen molar-refractivity contribution in [3.63, 3.8) is 0 Å². The average molecular weight is 318 g/mol. The fourth-order valence-corrected chi connectivity index (χ4v) is 2.10. The minimum absolute atomic E-state index is 0.557. The summed E-state index contributed by atoms with van der Waals surface area (Å²) in [5, 5.41) is 47.1. The number of aromatic hydroxyl groups is 3. The Morgan fingerprint density at radius 3 is 1.87 bits per heavy atom. The molecule has 0 saturated carbocycles. The number of phenols is 3. The molecule has 0 aliphatic carbocycles. The highest BCUT2D eigenvalue weighted by molar-refractivity contribution is 6.20. The Morgan fingerprint density at radius 2 is 1.30 bits per heavy atom. The van der Waals surface area contributed by atoms with E-state index in [0.29, 0.717) is 0 Å². The van der Waals surface area contributed by atoms with Gasteiger partial charge in [-0.15, -0.1) is 0 Å². The smallest absolute Gasteiger partial charge is 0.336 e. The highest BCUT2D eigenvalue weighted by atomic mass is 16.4. The van der Waals surface area contributed by atoms with Gasteiger partial charge in [-0.1, -0.05) is 6.07 Å². The SMILES string of the molecule is O=C(O)c1cccc(O)c1C(=O)c1c(O)cc(O)cc1C(=O)O. The molecule has 0 fully saturated rings. The topological polar surface area (TPSA) is 152 Å². The number of aromatic carboxylic acids is 2. The standard InChI is InChI=1S/C15H10O8/c16-6-4-8(15(22)23)12(10(18)5-6)13(19)11-7(14(20)21)2-1-3-9(11)17/h1-5,16-18H,(H,20,21)(H,22,23). The summed E-state index contributed by atoms with van der Waals surface area (Å²) in [4.78, 5) is 34.9. The van der Waals surface area contributed by atoms with Gasteiger partial charge in [0.1, 0.15) is 17.2 Å². The van der Waals surface area contributed by atoms with E-state index in [1.54, 1.807) is 0 Å². The van der Waals surface area contributed by atoms with Gasteiger partial charge in [0.15, 0.2) is 0 Å². The zero-order valence-corrected chi connectivity index (χ0v) is 11.3. The van der Waals surface area contributed by atoms with Crippen molar-refractivity contribution in [2.75, 3.05) is 0 Å². The van der Waals surface area contributed by atoms with Gasteiger partial charge in [-0.25, -0.2) is 9.59 Å². The van der Waals surface area contributed by atoms with E-state index in [0.717, 1.165) is 24.3 Å². The fourth-order valence-electron chi connectivity index (χ4n) is 2.10. The maximum atomic E-state index is 12.5. The van der Waals surface area contributed by atoms with Gasteiger partial charge in [-0.2, -0.15) is 0 Å². The van der Waals surface area contributed by atoms with E-state index in [2.05, 4.69) is 0 Å². The monoisotopic (exact) mass is 318 g/mol. The van der Waals surface area contributed by atoms with E-state index < -0.39 is 57.2 Å². The van der Waals surface area contributed by atoms with Gasteiger partial charge in [0, 0.05) is 6.07 Å². The van der Waals surface area contributed by atoms with Crippen LogP contribution in [0.2, 0.25) is 0 Å². The summed E-state index contributed by atoms with van der Waals surface area (Å²) in [6.45, 7) is 0. The first kappa shape index (κ1) is 15.8. The largest absolute Gasteiger partial charge is 0.508 e. The van der Waals surface area contributed by atoms with Gasteiger partial charge in [0.25, 0.3) is 0 Å². The minimum Gasteiger partial charge on any atom is -0.508 e. The molecule has 5 N–H and O–H groups in total. The molecule has 2 aromatic rings. The molecule has 0 heterocycles. The van der Waals surface area contributed by atoms with Crippen LogP contribution in [0.5, 0.6) is 17.2 Å². The van der Waals surface area contributed by atoms with Crippen molar-refractivity contribution in [2.45, 2.75) is 0 Å². The third kappa shape index (κ3) is 2.77. The fraction of sp³-hybridized carbons (Fsp3) is 0. The molecule has 0 spiro atoms. The number of carbonyl (C=O) groups excluding carboxylic acids is 1. The molecular weight excluding hydrogens is 308 g/mol. The van der Waals surface area contributed by atoms with E-state index in [1.807, 2.05) is 0 Å². The van der Waals surface area contributed by atoms with E-state index in [-0.39, 0.29) is 0 Å². The van der Waals surface area contributed by atoms with Crippen LogP contribution in [-0.2, 0) is 0 Å². The van der Waals surface area contributed by atoms with Crippen molar-refractivity contribution in [3.8, 4) is 17.2 Å². The first-order valence-electron chi connectivity index (χ1n) is 6.13. The van der Waals surface area contributed by atoms with Crippen LogP contribution in [-0.4, -0.2) is 43.3 Å². The maximum Gasteiger partial charge on any atom is 0.336 e. The summed E-state index contributed by atoms with van der Waals surface area (Å²) in [6.07, 6.45) is 0. The van der Waals surface area contributed by atoms with Crippen molar-refractivity contribution in [1.29, 1.82) is 0 Å². The summed E-state index contributed by atoms with van der Waals surface area (Å²) in [5.41, 5.74) is -2.69. The Kier molecular flexibility index (Phi) is 3.91. The second-order valence-corrected chi connectivity index (χ2v) is 4.53. The van der Waals surface area contributed by atoms with Crippen LogP contribution in [0.15, 0.2) is 30.3 Å². The van der Waals surface area contributed by atoms with Crippen LogP contribution < -0.4 is 0 Å². The van der Waals surface area contributed by atoms with E-state index in [1.165, 1.54) is 6.07 Å². The Labute approximate surface area is 128 Å². The number of phenolic OH excluding ortho intramolecular Hbond substituents is 3. The highest BCUT2D eigenvalue weighted by Crippen LogP contribution is 2.33. The van der Waals surface area contributed by atoms with Crippen molar-refractivity contribution in [1.82, 2.24) is 0 Å². The number of benzene rings is 2. The number of carbonyl (C=O) groups is 3. The number of hydrogen-bond acceptors (Lipinski definition) is 6. The lowest BCUT2D eigenvalue weighted by atomic mass is 9.93. The van der Waals surface area contributed by atoms with Crippen molar-refractivity contribution in [2.24, 2.45) is 0 Å². The predicted octanol–water partition coefficient (Wildman–Crippen LogP) is 1.43. The van der Waals surface area contributed by atoms with E-state index in [9.17, 15) is 29.7 Å². The quantitative estimate of drug-likeness (QED) is 0.531. The molecule has 118 valence electrons. The molecular formula is C15H10O8. The van der Waals surface area contributed by atoms with E-state index in [4.69, 9.17) is 10.2 Å². The molecule has 0 radical (unpaired) electrons. The molecule has 23 heavy (non-hydrogen) atoms. The summed E-state index contributed by atoms with van der Waals surface area (Å²) in [5.74, 6) is -6.46. The van der Waals surface area contributed by atoms with Crippen molar-refractivity contribution in [3.05, 3.63) is 52.6 Å². The molecule has 0 aliphatic heterocycles. The molecule has 0 unspecified atom stereocenters. The predicted molar refractivity (Wildman–Crippen MR) is 75.2 cm³/mol. The van der Waals surface area contributed by atoms with Gasteiger partial charge in [0.05, 0.1) is 22.3 Å². The molecule has 0 saturated heterocycles. The van der Waals surface area contributed by atoms with Crippen LogP contribution in [0.25, 0.3) is 0 Å². The van der Waals surface area contributed by atoms with Gasteiger partial charge >= 0.3 is 11.9 Å². The Morgan fingerprint density at radius 1 is 0.739 bits per heavy atom. The zero-order valence-electron chi connectivity index (χ0n) is 11.3. The van der Waals surface area contributed by atoms with Crippen LogP contribution >= 0.6 is 0 Å². The first-order valence-corrected chi connectivity index (χ1v) is 6.13. The number of carboxylic acids is 2. The number of ketones is 1. The Balaban J connectivity index is 2.78.